The molecule has 0 saturated heterocycles. The fourth-order valence-corrected chi connectivity index (χ4v) is 3.33. The molecule has 0 aromatic heterocycles. The number of nitrogens with one attached hydrogen (secondary N) is 1. The number of rotatable bonds is 10. The van der Waals surface area contributed by atoms with Gasteiger partial charge in [-0.3, -0.25) is 0 Å². The number of carbonyl (C=O) groups is 1. The normalized spacial score (nSPS) is 10.9. The van der Waals surface area contributed by atoms with Gasteiger partial charge in [-0.05, 0) is 56.5 Å². The molecule has 0 unspecified atom stereocenters. The number of carbonyl (C=O) groups excluding carboxylic acids is 1. The molecule has 0 aliphatic heterocycles. The molecule has 0 aliphatic rings. The third-order valence-electron chi connectivity index (χ3n) is 4.31. The fraction of sp³-hybridized carbons (Fsp3) is 0.409. The number of hydrogen-bond donors (Lipinski definition) is 1. The number of benzene rings is 2. The van der Waals surface area contributed by atoms with Gasteiger partial charge in [-0.1, -0.05) is 46.3 Å². The molecule has 2 amide bonds. The van der Waals surface area contributed by atoms with Crippen molar-refractivity contribution in [2.24, 2.45) is 0 Å². The monoisotopic (exact) mass is 448 g/mol. The van der Waals surface area contributed by atoms with E-state index >= 15 is 0 Å². The van der Waals surface area contributed by atoms with Crippen LogP contribution in [0.3, 0.4) is 0 Å². The highest BCUT2D eigenvalue weighted by Gasteiger charge is 2.20. The van der Waals surface area contributed by atoms with Crippen molar-refractivity contribution in [1.82, 2.24) is 4.90 Å². The minimum atomic E-state index is -0.442. The van der Waals surface area contributed by atoms with Crippen LogP contribution in [0.5, 0.6) is 0 Å². The summed E-state index contributed by atoms with van der Waals surface area (Å²) in [5, 5.41) is 3.02. The van der Waals surface area contributed by atoms with Gasteiger partial charge < -0.3 is 19.7 Å². The highest BCUT2D eigenvalue weighted by molar-refractivity contribution is 9.10. The van der Waals surface area contributed by atoms with Gasteiger partial charge in [-0.2, -0.15) is 0 Å². The number of urea groups is 1. The zero-order valence-electron chi connectivity index (χ0n) is 16.8. The third kappa shape index (κ3) is 7.26. The van der Waals surface area contributed by atoms with Crippen LogP contribution in [0.15, 0.2) is 53.0 Å². The Morgan fingerprint density at radius 2 is 1.79 bits per heavy atom. The lowest BCUT2D eigenvalue weighted by atomic mass is 10.1. The highest BCUT2D eigenvalue weighted by atomic mass is 79.9. The van der Waals surface area contributed by atoms with Gasteiger partial charge >= 0.3 is 6.03 Å². The van der Waals surface area contributed by atoms with E-state index in [4.69, 9.17) is 9.47 Å². The molecule has 0 bridgehead atoms. The van der Waals surface area contributed by atoms with Crippen molar-refractivity contribution in [3.05, 3.63) is 64.1 Å². The van der Waals surface area contributed by atoms with Crippen LogP contribution in [0.1, 0.15) is 25.0 Å². The summed E-state index contributed by atoms with van der Waals surface area (Å²) >= 11 is 3.45. The van der Waals surface area contributed by atoms with Crippen LogP contribution in [-0.4, -0.2) is 43.5 Å². The zero-order chi connectivity index (χ0) is 20.4. The molecule has 0 radical (unpaired) electrons. The van der Waals surface area contributed by atoms with Crippen LogP contribution < -0.4 is 5.32 Å². The summed E-state index contributed by atoms with van der Waals surface area (Å²) in [7, 11) is 0. The molecule has 0 aliphatic carbocycles. The van der Waals surface area contributed by atoms with Crippen LogP contribution in [0, 0.1) is 6.92 Å². The van der Waals surface area contributed by atoms with E-state index in [1.54, 1.807) is 4.90 Å². The smallest absolute Gasteiger partial charge is 0.322 e. The van der Waals surface area contributed by atoms with E-state index in [9.17, 15) is 4.79 Å². The molecule has 0 fully saturated rings. The van der Waals surface area contributed by atoms with Crippen molar-refractivity contribution >= 4 is 27.6 Å². The second kappa shape index (κ2) is 11.8. The van der Waals surface area contributed by atoms with Crippen molar-refractivity contribution in [2.75, 3.05) is 31.6 Å². The average Bonchev–Trinajstić information content (AvgIpc) is 2.68. The van der Waals surface area contributed by atoms with Gasteiger partial charge in [0, 0.05) is 29.9 Å². The SMILES string of the molecule is CCOC(CN(CCc1ccccc1)C(=O)Nc1ccc(Br)cc1C)OCC. The summed E-state index contributed by atoms with van der Waals surface area (Å²) in [6.45, 7) is 7.82. The number of nitrogens with zero attached hydrogens (tertiary/aromatic N) is 1. The van der Waals surface area contributed by atoms with Crippen LogP contribution in [0.4, 0.5) is 10.5 Å². The van der Waals surface area contributed by atoms with Gasteiger partial charge in [0.05, 0.1) is 6.54 Å². The van der Waals surface area contributed by atoms with E-state index in [-0.39, 0.29) is 6.03 Å². The van der Waals surface area contributed by atoms with Crippen LogP contribution in [-0.2, 0) is 15.9 Å². The molecule has 2 rings (SSSR count). The summed E-state index contributed by atoms with van der Waals surface area (Å²) in [4.78, 5) is 14.8. The first kappa shape index (κ1) is 22.4. The summed E-state index contributed by atoms with van der Waals surface area (Å²) in [6.07, 6.45) is 0.320. The van der Waals surface area contributed by atoms with Gasteiger partial charge in [-0.25, -0.2) is 4.79 Å². The van der Waals surface area contributed by atoms with E-state index in [1.807, 2.05) is 57.2 Å². The Labute approximate surface area is 176 Å². The standard InChI is InChI=1S/C22H29BrN2O3/c1-4-27-21(28-5-2)16-25(14-13-18-9-7-6-8-10-18)22(26)24-20-12-11-19(23)15-17(20)3/h6-12,15,21H,4-5,13-14,16H2,1-3H3,(H,24,26). The van der Waals surface area contributed by atoms with Crippen molar-refractivity contribution in [3.63, 3.8) is 0 Å². The minimum absolute atomic E-state index is 0.161. The molecule has 2 aromatic rings. The van der Waals surface area contributed by atoms with Crippen LogP contribution >= 0.6 is 15.9 Å². The summed E-state index contributed by atoms with van der Waals surface area (Å²) in [6, 6.07) is 15.8. The third-order valence-corrected chi connectivity index (χ3v) is 4.80. The summed E-state index contributed by atoms with van der Waals surface area (Å²) in [5.74, 6) is 0. The van der Waals surface area contributed by atoms with Gasteiger partial charge in [0.2, 0.25) is 0 Å². The van der Waals surface area contributed by atoms with Crippen molar-refractivity contribution in [2.45, 2.75) is 33.5 Å². The van der Waals surface area contributed by atoms with Gasteiger partial charge in [0.1, 0.15) is 0 Å². The van der Waals surface area contributed by atoms with E-state index in [0.29, 0.717) is 26.3 Å². The Balaban J connectivity index is 2.11. The first-order valence-corrected chi connectivity index (χ1v) is 10.4. The predicted molar refractivity (Wildman–Crippen MR) is 117 cm³/mol. The maximum absolute atomic E-state index is 13.0. The second-order valence-corrected chi connectivity index (χ2v) is 7.33. The number of hydrogen-bond acceptors (Lipinski definition) is 3. The Morgan fingerprint density at radius 3 is 2.39 bits per heavy atom. The molecule has 0 heterocycles. The molecule has 152 valence electrons. The Hall–Kier alpha value is -1.89. The highest BCUT2D eigenvalue weighted by Crippen LogP contribution is 2.20. The van der Waals surface area contributed by atoms with Gasteiger partial charge in [0.15, 0.2) is 6.29 Å². The number of halogens is 1. The number of anilines is 1. The second-order valence-electron chi connectivity index (χ2n) is 6.41. The lowest BCUT2D eigenvalue weighted by molar-refractivity contribution is -0.142. The lowest BCUT2D eigenvalue weighted by Gasteiger charge is -2.28. The quantitative estimate of drug-likeness (QED) is 0.505. The molecular weight excluding hydrogens is 420 g/mol. The van der Waals surface area contributed by atoms with E-state index < -0.39 is 6.29 Å². The topological polar surface area (TPSA) is 50.8 Å². The summed E-state index contributed by atoms with van der Waals surface area (Å²) in [5.41, 5.74) is 2.98. The van der Waals surface area contributed by atoms with Gasteiger partial charge in [0.25, 0.3) is 0 Å². The molecule has 28 heavy (non-hydrogen) atoms. The summed E-state index contributed by atoms with van der Waals surface area (Å²) < 4.78 is 12.3. The Kier molecular flexibility index (Phi) is 9.47. The van der Waals surface area contributed by atoms with E-state index in [0.717, 1.165) is 22.1 Å². The fourth-order valence-electron chi connectivity index (χ4n) is 2.85. The minimum Gasteiger partial charge on any atom is -0.351 e. The zero-order valence-corrected chi connectivity index (χ0v) is 18.4. The molecule has 0 saturated carbocycles. The maximum atomic E-state index is 13.0. The lowest BCUT2D eigenvalue weighted by Crippen LogP contribution is -2.43. The number of aryl methyl sites for hydroxylation is 1. The first-order chi connectivity index (χ1) is 13.5. The molecule has 0 spiro atoms. The largest absolute Gasteiger partial charge is 0.351 e. The average molecular weight is 449 g/mol. The van der Waals surface area contributed by atoms with Crippen molar-refractivity contribution in [3.8, 4) is 0 Å². The Bertz CT molecular complexity index is 734. The van der Waals surface area contributed by atoms with Crippen molar-refractivity contribution in [1.29, 1.82) is 0 Å². The number of amides is 2. The van der Waals surface area contributed by atoms with E-state index in [2.05, 4.69) is 33.4 Å². The van der Waals surface area contributed by atoms with Crippen LogP contribution in [0.25, 0.3) is 0 Å². The number of ether oxygens (including phenoxy) is 2. The first-order valence-electron chi connectivity index (χ1n) is 9.62. The van der Waals surface area contributed by atoms with E-state index in [1.165, 1.54) is 5.56 Å². The Morgan fingerprint density at radius 1 is 1.11 bits per heavy atom. The van der Waals surface area contributed by atoms with Gasteiger partial charge in [-0.15, -0.1) is 0 Å². The van der Waals surface area contributed by atoms with Crippen LogP contribution in [0.2, 0.25) is 0 Å². The predicted octanol–water partition coefficient (Wildman–Crippen LogP) is 5.23. The molecule has 0 atom stereocenters. The molecule has 2 aromatic carbocycles. The molecule has 6 heteroatoms. The molecule has 5 nitrogen and oxygen atoms in total. The molecular formula is C22H29BrN2O3. The van der Waals surface area contributed by atoms with Crippen molar-refractivity contribution < 1.29 is 14.3 Å². The molecule has 1 N–H and O–H groups in total. The maximum Gasteiger partial charge on any atom is 0.322 e.